The molecule has 1 unspecified atom stereocenters. The summed E-state index contributed by atoms with van der Waals surface area (Å²) in [6, 6.07) is 10.2. The maximum atomic E-state index is 12.5. The van der Waals surface area contributed by atoms with E-state index in [4.69, 9.17) is 10.5 Å². The molecule has 0 aliphatic carbocycles. The molecule has 0 radical (unpaired) electrons. The van der Waals surface area contributed by atoms with Crippen molar-refractivity contribution in [2.45, 2.75) is 30.6 Å². The van der Waals surface area contributed by atoms with Crippen molar-refractivity contribution in [2.24, 2.45) is 0 Å². The summed E-state index contributed by atoms with van der Waals surface area (Å²) in [4.78, 5) is 12.9. The minimum Gasteiger partial charge on any atom is -0.397 e. The van der Waals surface area contributed by atoms with Gasteiger partial charge in [-0.25, -0.2) is 0 Å². The molecule has 5 atom stereocenters. The molecule has 2 aromatic rings. The predicted octanol–water partition coefficient (Wildman–Crippen LogP) is -0.227. The second-order valence-corrected chi connectivity index (χ2v) is 7.04. The number of nitrogen functional groups attached to an aromatic ring is 1. The van der Waals surface area contributed by atoms with Crippen LogP contribution in [0.25, 0.3) is 0 Å². The Bertz CT molecular complexity index is 766. The minimum atomic E-state index is -1.49. The van der Waals surface area contributed by atoms with Crippen molar-refractivity contribution < 1.29 is 30.0 Å². The van der Waals surface area contributed by atoms with E-state index in [-0.39, 0.29) is 11.5 Å². The number of hydrogen-bond donors (Lipinski definition) is 6. The highest BCUT2D eigenvalue weighted by molar-refractivity contribution is 7.18. The molecule has 0 spiro atoms. The van der Waals surface area contributed by atoms with Gasteiger partial charge in [-0.2, -0.15) is 0 Å². The number of aliphatic hydroxyl groups excluding tert-OH is 4. The van der Waals surface area contributed by atoms with E-state index in [1.54, 1.807) is 30.3 Å². The number of carbonyl (C=O) groups is 1. The second-order valence-electron chi connectivity index (χ2n) is 5.98. The van der Waals surface area contributed by atoms with Crippen LogP contribution in [-0.4, -0.2) is 63.5 Å². The van der Waals surface area contributed by atoms with Crippen LogP contribution in [0, 0.1) is 0 Å². The number of rotatable bonds is 5. The SMILES string of the molecule is Nc1cc(NC2O[C@H](CO)[C@@H](O)[C@H](O)[C@H]2O)sc1C(=O)c1ccccc1. The van der Waals surface area contributed by atoms with Gasteiger partial charge in [0.1, 0.15) is 29.3 Å². The van der Waals surface area contributed by atoms with Gasteiger partial charge >= 0.3 is 0 Å². The van der Waals surface area contributed by atoms with E-state index in [2.05, 4.69) is 5.32 Å². The number of thiophene rings is 1. The smallest absolute Gasteiger partial charge is 0.205 e. The van der Waals surface area contributed by atoms with Gasteiger partial charge in [0.25, 0.3) is 0 Å². The molecule has 26 heavy (non-hydrogen) atoms. The summed E-state index contributed by atoms with van der Waals surface area (Å²) in [5.41, 5.74) is 6.71. The van der Waals surface area contributed by atoms with Gasteiger partial charge in [0, 0.05) is 5.56 Å². The summed E-state index contributed by atoms with van der Waals surface area (Å²) < 4.78 is 5.39. The molecule has 1 fully saturated rings. The van der Waals surface area contributed by atoms with Crippen molar-refractivity contribution in [3.63, 3.8) is 0 Å². The summed E-state index contributed by atoms with van der Waals surface area (Å²) in [5.74, 6) is -0.227. The Hall–Kier alpha value is -2.01. The van der Waals surface area contributed by atoms with Crippen molar-refractivity contribution in [3.05, 3.63) is 46.8 Å². The summed E-state index contributed by atoms with van der Waals surface area (Å²) in [6.07, 6.45) is -6.45. The van der Waals surface area contributed by atoms with Gasteiger partial charge < -0.3 is 36.2 Å². The Kier molecular flexibility index (Phi) is 5.56. The lowest BCUT2D eigenvalue weighted by molar-refractivity contribution is -0.221. The Morgan fingerprint density at radius 1 is 1.15 bits per heavy atom. The molecule has 7 N–H and O–H groups in total. The third-order valence-electron chi connectivity index (χ3n) is 4.18. The number of ketones is 1. The number of carbonyl (C=O) groups excluding carboxylic acids is 1. The maximum absolute atomic E-state index is 12.5. The lowest BCUT2D eigenvalue weighted by atomic mass is 9.98. The fourth-order valence-electron chi connectivity index (χ4n) is 2.74. The third kappa shape index (κ3) is 3.58. The van der Waals surface area contributed by atoms with Crippen molar-refractivity contribution in [2.75, 3.05) is 17.7 Å². The number of benzene rings is 1. The molecule has 8 nitrogen and oxygen atoms in total. The topological polar surface area (TPSA) is 145 Å². The average Bonchev–Trinajstić information content (AvgIpc) is 3.02. The largest absolute Gasteiger partial charge is 0.397 e. The van der Waals surface area contributed by atoms with E-state index in [0.717, 1.165) is 11.3 Å². The highest BCUT2D eigenvalue weighted by Gasteiger charge is 2.43. The number of ether oxygens (including phenoxy) is 1. The predicted molar refractivity (Wildman–Crippen MR) is 96.0 cm³/mol. The molecule has 1 aromatic carbocycles. The van der Waals surface area contributed by atoms with Crippen LogP contribution in [0.15, 0.2) is 36.4 Å². The third-order valence-corrected chi connectivity index (χ3v) is 5.26. The van der Waals surface area contributed by atoms with Crippen LogP contribution in [0.3, 0.4) is 0 Å². The quantitative estimate of drug-likeness (QED) is 0.390. The van der Waals surface area contributed by atoms with Gasteiger partial charge in [0.2, 0.25) is 5.78 Å². The minimum absolute atomic E-state index is 0.227. The van der Waals surface area contributed by atoms with E-state index >= 15 is 0 Å². The van der Waals surface area contributed by atoms with Crippen molar-refractivity contribution in [1.29, 1.82) is 0 Å². The van der Waals surface area contributed by atoms with Crippen LogP contribution in [0.4, 0.5) is 10.7 Å². The molecule has 3 rings (SSSR count). The highest BCUT2D eigenvalue weighted by Crippen LogP contribution is 2.33. The number of nitrogens with two attached hydrogens (primary N) is 1. The summed E-state index contributed by atoms with van der Waals surface area (Å²) in [7, 11) is 0. The molecule has 0 bridgehead atoms. The monoisotopic (exact) mass is 380 g/mol. The lowest BCUT2D eigenvalue weighted by Gasteiger charge is -2.40. The van der Waals surface area contributed by atoms with Gasteiger partial charge in [-0.05, 0) is 6.07 Å². The molecular weight excluding hydrogens is 360 g/mol. The Labute approximate surface area is 153 Å². The van der Waals surface area contributed by atoms with Gasteiger partial charge in [-0.15, -0.1) is 11.3 Å². The van der Waals surface area contributed by atoms with Crippen LogP contribution in [0.1, 0.15) is 15.2 Å². The van der Waals surface area contributed by atoms with Gasteiger partial charge in [-0.1, -0.05) is 30.3 Å². The fourth-order valence-corrected chi connectivity index (χ4v) is 3.70. The number of nitrogens with one attached hydrogen (secondary N) is 1. The van der Waals surface area contributed by atoms with Crippen LogP contribution in [0.2, 0.25) is 0 Å². The van der Waals surface area contributed by atoms with E-state index < -0.39 is 37.3 Å². The van der Waals surface area contributed by atoms with Gasteiger partial charge in [-0.3, -0.25) is 4.79 Å². The lowest BCUT2D eigenvalue weighted by Crippen LogP contribution is -2.60. The zero-order valence-electron chi connectivity index (χ0n) is 13.6. The van der Waals surface area contributed by atoms with Crippen molar-refractivity contribution >= 4 is 27.8 Å². The summed E-state index contributed by atoms with van der Waals surface area (Å²) in [5, 5.41) is 42.2. The molecule has 0 saturated carbocycles. The molecule has 0 amide bonds. The van der Waals surface area contributed by atoms with Gasteiger partial charge in [0.15, 0.2) is 6.23 Å². The Morgan fingerprint density at radius 2 is 1.85 bits per heavy atom. The van der Waals surface area contributed by atoms with Crippen molar-refractivity contribution in [1.82, 2.24) is 0 Å². The first-order valence-corrected chi connectivity index (χ1v) is 8.80. The van der Waals surface area contributed by atoms with E-state index in [9.17, 15) is 25.2 Å². The first-order chi connectivity index (χ1) is 12.4. The van der Waals surface area contributed by atoms with Gasteiger partial charge in [0.05, 0.1) is 17.3 Å². The van der Waals surface area contributed by atoms with E-state index in [1.165, 1.54) is 6.07 Å². The standard InChI is InChI=1S/C17H20N2O6S/c18-9-6-11(26-16(9)12(21)8-4-2-1-3-5-8)19-17-15(24)14(23)13(22)10(7-20)25-17/h1-6,10,13-15,17,19-20,22-24H,7,18H2/t10-,13-,14+,15-,17?/m1/s1. The Balaban J connectivity index is 1.78. The van der Waals surface area contributed by atoms with Crippen LogP contribution < -0.4 is 11.1 Å². The van der Waals surface area contributed by atoms with Crippen LogP contribution in [-0.2, 0) is 4.74 Å². The number of hydrogen-bond acceptors (Lipinski definition) is 9. The second kappa shape index (κ2) is 7.70. The molecule has 140 valence electrons. The number of anilines is 2. The summed E-state index contributed by atoms with van der Waals surface area (Å²) >= 11 is 1.09. The van der Waals surface area contributed by atoms with E-state index in [1.807, 2.05) is 0 Å². The average molecular weight is 380 g/mol. The van der Waals surface area contributed by atoms with E-state index in [0.29, 0.717) is 15.4 Å². The molecule has 9 heteroatoms. The molecule has 1 aliphatic heterocycles. The molecule has 1 aromatic heterocycles. The first-order valence-electron chi connectivity index (χ1n) is 7.98. The molecular formula is C17H20N2O6S. The molecule has 1 aliphatic rings. The van der Waals surface area contributed by atoms with Crippen molar-refractivity contribution in [3.8, 4) is 0 Å². The highest BCUT2D eigenvalue weighted by atomic mass is 32.1. The normalized spacial score (nSPS) is 28.7. The molecule has 2 heterocycles. The Morgan fingerprint density at radius 3 is 2.50 bits per heavy atom. The summed E-state index contributed by atoms with van der Waals surface area (Å²) in [6.45, 7) is -0.520. The zero-order valence-corrected chi connectivity index (χ0v) is 14.5. The van der Waals surface area contributed by atoms with Crippen LogP contribution in [0.5, 0.6) is 0 Å². The fraction of sp³-hybridized carbons (Fsp3) is 0.353. The first kappa shape index (κ1) is 18.8. The number of aliphatic hydroxyl groups is 4. The zero-order chi connectivity index (χ0) is 18.8. The van der Waals surface area contributed by atoms with Crippen LogP contribution >= 0.6 is 11.3 Å². The maximum Gasteiger partial charge on any atom is 0.205 e. The molecule has 1 saturated heterocycles.